The summed E-state index contributed by atoms with van der Waals surface area (Å²) in [6.45, 7) is 1.83. The maximum Gasteiger partial charge on any atom is 0.326 e. The molecule has 2 amide bonds. The Balaban J connectivity index is 1.10. The lowest BCUT2D eigenvalue weighted by Gasteiger charge is -2.32. The van der Waals surface area contributed by atoms with Crippen molar-refractivity contribution in [3.63, 3.8) is 0 Å². The van der Waals surface area contributed by atoms with Crippen molar-refractivity contribution >= 4 is 11.8 Å². The van der Waals surface area contributed by atoms with Gasteiger partial charge in [-0.3, -0.25) is 9.59 Å². The molecular formula is C29H38N3O6+. The van der Waals surface area contributed by atoms with E-state index >= 15 is 0 Å². The monoisotopic (exact) mass is 524 g/mol. The van der Waals surface area contributed by atoms with Crippen molar-refractivity contribution in [2.24, 2.45) is 5.92 Å². The predicted molar refractivity (Wildman–Crippen MR) is 140 cm³/mol. The Labute approximate surface area is 223 Å². The summed E-state index contributed by atoms with van der Waals surface area (Å²) in [5.74, 6) is 0.0520. The van der Waals surface area contributed by atoms with E-state index in [2.05, 4.69) is 5.32 Å². The Bertz CT molecular complexity index is 1110. The Kier molecular flexibility index (Phi) is 9.73. The normalized spacial score (nSPS) is 20.1. The van der Waals surface area contributed by atoms with Gasteiger partial charge in [0.1, 0.15) is 6.10 Å². The van der Waals surface area contributed by atoms with Crippen LogP contribution in [0.25, 0.3) is 0 Å². The molecule has 0 unspecified atom stereocenters. The summed E-state index contributed by atoms with van der Waals surface area (Å²) in [7, 11) is 0. The standard InChI is InChI=1S/C29H37N3O6/c33-20-24-26(35)27(36)29(38-24)32-16-6-8-22(19-32)11-12-25(34)30-15-5-4-7-21-13-17-31(18-14-21)28(37)23-9-2-1-3-10-23/h1-3,6,8-10,16,19,21,24,29,33H,4-5,7,11-15,17-18,20H2,(H2-,30,34,35,36)/p+1/t24-,29-/m1/s1. The number of aliphatic hydroxyl groups is 3. The van der Waals surface area contributed by atoms with Crippen LogP contribution in [-0.2, 0) is 16.0 Å². The average molecular weight is 525 g/mol. The van der Waals surface area contributed by atoms with E-state index in [1.807, 2.05) is 41.3 Å². The molecule has 204 valence electrons. The van der Waals surface area contributed by atoms with Gasteiger partial charge in [-0.05, 0) is 49.8 Å². The number of nitrogens with one attached hydrogen (secondary N) is 1. The molecule has 0 radical (unpaired) electrons. The van der Waals surface area contributed by atoms with Gasteiger partial charge >= 0.3 is 6.23 Å². The Morgan fingerprint density at radius 1 is 1.03 bits per heavy atom. The van der Waals surface area contributed by atoms with Gasteiger partial charge in [-0.15, -0.1) is 0 Å². The first-order chi connectivity index (χ1) is 18.5. The SMILES string of the molecule is O=C(CCc1ccc[n+]([C@@H]2O[C@H](CO)C(O)=C2O)c1)NCCCCC1CCN(C(=O)c2ccccc2)CC1. The highest BCUT2D eigenvalue weighted by Gasteiger charge is 2.40. The van der Waals surface area contributed by atoms with Gasteiger partial charge < -0.3 is 30.3 Å². The third-order valence-corrected chi connectivity index (χ3v) is 7.34. The van der Waals surface area contributed by atoms with Crippen LogP contribution in [0.4, 0.5) is 0 Å². The molecule has 4 rings (SSSR count). The van der Waals surface area contributed by atoms with Crippen LogP contribution in [0.3, 0.4) is 0 Å². The summed E-state index contributed by atoms with van der Waals surface area (Å²) in [5.41, 5.74) is 1.65. The molecule has 2 aromatic rings. The fraction of sp³-hybridized carbons (Fsp3) is 0.483. The highest BCUT2D eigenvalue weighted by Crippen LogP contribution is 2.27. The number of rotatable bonds is 11. The molecular weight excluding hydrogens is 486 g/mol. The Morgan fingerprint density at radius 2 is 1.79 bits per heavy atom. The molecule has 0 spiro atoms. The minimum absolute atomic E-state index is 0.00835. The van der Waals surface area contributed by atoms with Crippen LogP contribution in [-0.4, -0.2) is 64.4 Å². The number of aryl methyl sites for hydroxylation is 1. The van der Waals surface area contributed by atoms with Crippen molar-refractivity contribution in [1.82, 2.24) is 10.2 Å². The number of carbonyl (C=O) groups is 2. The van der Waals surface area contributed by atoms with Gasteiger partial charge in [0.15, 0.2) is 18.2 Å². The molecule has 2 aliphatic heterocycles. The van der Waals surface area contributed by atoms with E-state index in [-0.39, 0.29) is 23.3 Å². The molecule has 2 aliphatic rings. The van der Waals surface area contributed by atoms with Crippen LogP contribution in [0, 0.1) is 5.92 Å². The van der Waals surface area contributed by atoms with E-state index in [1.165, 1.54) is 0 Å². The number of likely N-dealkylation sites (tertiary alicyclic amines) is 1. The third kappa shape index (κ3) is 7.11. The average Bonchev–Trinajstić information content (AvgIpc) is 3.25. The molecule has 1 aromatic carbocycles. The molecule has 3 heterocycles. The van der Waals surface area contributed by atoms with Crippen molar-refractivity contribution < 1.29 is 34.2 Å². The number of ether oxygens (including phenoxy) is 1. The smallest absolute Gasteiger partial charge is 0.326 e. The second kappa shape index (κ2) is 13.4. The molecule has 2 atom stereocenters. The van der Waals surface area contributed by atoms with Gasteiger partial charge in [0, 0.05) is 43.2 Å². The highest BCUT2D eigenvalue weighted by molar-refractivity contribution is 5.94. The van der Waals surface area contributed by atoms with Crippen LogP contribution in [0.5, 0.6) is 0 Å². The second-order valence-electron chi connectivity index (χ2n) is 10.0. The van der Waals surface area contributed by atoms with Gasteiger partial charge in [-0.1, -0.05) is 31.0 Å². The molecule has 1 saturated heterocycles. The fourth-order valence-electron chi connectivity index (χ4n) is 5.07. The number of pyridine rings is 1. The minimum atomic E-state index is -0.946. The van der Waals surface area contributed by atoms with Gasteiger partial charge in [0.05, 0.1) is 6.61 Å². The van der Waals surface area contributed by atoms with Crippen LogP contribution in [0.2, 0.25) is 0 Å². The lowest BCUT2D eigenvalue weighted by atomic mass is 9.91. The first-order valence-corrected chi connectivity index (χ1v) is 13.4. The summed E-state index contributed by atoms with van der Waals surface area (Å²) in [6, 6.07) is 13.1. The van der Waals surface area contributed by atoms with E-state index < -0.39 is 18.9 Å². The van der Waals surface area contributed by atoms with Gasteiger partial charge in [0.25, 0.3) is 5.91 Å². The van der Waals surface area contributed by atoms with Gasteiger partial charge in [-0.25, -0.2) is 0 Å². The first-order valence-electron chi connectivity index (χ1n) is 13.4. The number of nitrogens with zero attached hydrogens (tertiary/aromatic N) is 2. The molecule has 0 saturated carbocycles. The summed E-state index contributed by atoms with van der Waals surface area (Å²) in [5, 5.41) is 32.2. The molecule has 9 heteroatoms. The van der Waals surface area contributed by atoms with Crippen molar-refractivity contribution in [1.29, 1.82) is 0 Å². The van der Waals surface area contributed by atoms with Crippen molar-refractivity contribution in [3.8, 4) is 0 Å². The summed E-state index contributed by atoms with van der Waals surface area (Å²) in [6.07, 6.45) is 7.64. The predicted octanol–water partition coefficient (Wildman–Crippen LogP) is 2.96. The van der Waals surface area contributed by atoms with Gasteiger partial charge in [0.2, 0.25) is 11.7 Å². The molecule has 4 N–H and O–H groups in total. The molecule has 0 bridgehead atoms. The fourth-order valence-corrected chi connectivity index (χ4v) is 5.07. The number of benzene rings is 1. The van der Waals surface area contributed by atoms with Crippen LogP contribution in [0.15, 0.2) is 66.4 Å². The lowest BCUT2D eigenvalue weighted by Crippen LogP contribution is -2.41. The second-order valence-corrected chi connectivity index (χ2v) is 10.0. The maximum absolute atomic E-state index is 12.6. The Hall–Kier alpha value is -3.43. The van der Waals surface area contributed by atoms with Crippen molar-refractivity contribution in [3.05, 3.63) is 77.5 Å². The number of unbranched alkanes of at least 4 members (excludes halogenated alkanes) is 1. The number of hydrogen-bond acceptors (Lipinski definition) is 6. The van der Waals surface area contributed by atoms with Crippen LogP contribution >= 0.6 is 0 Å². The number of hydrogen-bond donors (Lipinski definition) is 4. The summed E-state index contributed by atoms with van der Waals surface area (Å²) >= 11 is 0. The van der Waals surface area contributed by atoms with Gasteiger partial charge in [-0.2, -0.15) is 4.57 Å². The number of piperidine rings is 1. The number of aromatic nitrogens is 1. The largest absolute Gasteiger partial charge is 0.506 e. The van der Waals surface area contributed by atoms with Crippen molar-refractivity contribution in [2.45, 2.75) is 57.3 Å². The quantitative estimate of drug-likeness (QED) is 0.265. The molecule has 1 aromatic heterocycles. The summed E-state index contributed by atoms with van der Waals surface area (Å²) < 4.78 is 7.11. The zero-order valence-electron chi connectivity index (χ0n) is 21.7. The Morgan fingerprint density at radius 3 is 2.50 bits per heavy atom. The molecule has 38 heavy (non-hydrogen) atoms. The minimum Gasteiger partial charge on any atom is -0.506 e. The van der Waals surface area contributed by atoms with Crippen molar-refractivity contribution in [2.75, 3.05) is 26.2 Å². The zero-order valence-corrected chi connectivity index (χ0v) is 21.7. The third-order valence-electron chi connectivity index (χ3n) is 7.34. The topological polar surface area (TPSA) is 123 Å². The first kappa shape index (κ1) is 27.6. The molecule has 9 nitrogen and oxygen atoms in total. The number of aliphatic hydroxyl groups excluding tert-OH is 3. The number of amides is 2. The highest BCUT2D eigenvalue weighted by atomic mass is 16.6. The van der Waals surface area contributed by atoms with E-state index in [1.54, 1.807) is 23.0 Å². The van der Waals surface area contributed by atoms with Crippen LogP contribution in [0.1, 0.15) is 60.7 Å². The summed E-state index contributed by atoms with van der Waals surface area (Å²) in [4.78, 5) is 26.9. The van der Waals surface area contributed by atoms with E-state index in [0.717, 1.165) is 56.3 Å². The lowest BCUT2D eigenvalue weighted by molar-refractivity contribution is -0.755. The molecule has 0 aliphatic carbocycles. The maximum atomic E-state index is 12.6. The van der Waals surface area contributed by atoms with E-state index in [0.29, 0.717) is 25.3 Å². The zero-order chi connectivity index (χ0) is 26.9. The van der Waals surface area contributed by atoms with Crippen LogP contribution < -0.4 is 9.88 Å². The van der Waals surface area contributed by atoms with E-state index in [9.17, 15) is 24.9 Å². The molecule has 1 fully saturated rings. The number of carbonyl (C=O) groups excluding carboxylic acids is 2. The van der Waals surface area contributed by atoms with E-state index in [4.69, 9.17) is 4.74 Å².